The predicted octanol–water partition coefficient (Wildman–Crippen LogP) is 1.18. The summed E-state index contributed by atoms with van der Waals surface area (Å²) in [6, 6.07) is 0.0327. The van der Waals surface area contributed by atoms with E-state index in [4.69, 9.17) is 10.9 Å². The first-order valence-corrected chi connectivity index (χ1v) is 7.06. The monoisotopic (exact) mass is 256 g/mol. The number of amidine groups is 1. The molecule has 18 heavy (non-hydrogen) atoms. The highest BCUT2D eigenvalue weighted by Crippen LogP contribution is 2.13. The van der Waals surface area contributed by atoms with Crippen molar-refractivity contribution in [3.05, 3.63) is 0 Å². The molecule has 0 aromatic heterocycles. The molecule has 3 N–H and O–H groups in total. The molecule has 0 aromatic rings. The largest absolute Gasteiger partial charge is 0.409 e. The van der Waals surface area contributed by atoms with E-state index in [1.807, 2.05) is 6.92 Å². The molecule has 0 amide bonds. The molecule has 1 unspecified atom stereocenters. The molecule has 5 nitrogen and oxygen atoms in total. The van der Waals surface area contributed by atoms with Gasteiger partial charge >= 0.3 is 0 Å². The van der Waals surface area contributed by atoms with Gasteiger partial charge in [0, 0.05) is 32.7 Å². The Hall–Kier alpha value is -0.810. The first-order valence-electron chi connectivity index (χ1n) is 7.06. The number of nitrogens with zero attached hydrogens (tertiary/aromatic N) is 3. The number of piperazine rings is 1. The van der Waals surface area contributed by atoms with Crippen molar-refractivity contribution in [1.29, 1.82) is 0 Å². The molecule has 1 atom stereocenters. The third kappa shape index (κ3) is 4.14. The summed E-state index contributed by atoms with van der Waals surface area (Å²) in [7, 11) is 0. The van der Waals surface area contributed by atoms with Crippen LogP contribution in [-0.2, 0) is 0 Å². The van der Waals surface area contributed by atoms with Gasteiger partial charge in [0.2, 0.25) is 0 Å². The lowest BCUT2D eigenvalue weighted by Gasteiger charge is -2.38. The van der Waals surface area contributed by atoms with E-state index in [9.17, 15) is 0 Å². The van der Waals surface area contributed by atoms with Crippen LogP contribution in [0.25, 0.3) is 0 Å². The fraction of sp³-hybridized carbons (Fsp3) is 0.923. The maximum absolute atomic E-state index is 8.70. The minimum absolute atomic E-state index is 0.0327. The normalized spacial score (nSPS) is 21.4. The van der Waals surface area contributed by atoms with E-state index in [-0.39, 0.29) is 6.04 Å². The molecule has 1 aliphatic heterocycles. The molecule has 0 saturated carbocycles. The molecule has 5 heteroatoms. The Labute approximate surface area is 111 Å². The number of hydrogen-bond donors (Lipinski definition) is 2. The van der Waals surface area contributed by atoms with E-state index in [0.717, 1.165) is 32.1 Å². The minimum Gasteiger partial charge on any atom is -0.409 e. The molecular formula is C13H28N4O. The van der Waals surface area contributed by atoms with Gasteiger partial charge in [0.25, 0.3) is 0 Å². The minimum atomic E-state index is 0.0327. The SMILES string of the molecule is CCC(CC)CN1CCN(C(C)C(N)=NO)CC1. The van der Waals surface area contributed by atoms with Crippen molar-refractivity contribution in [3.63, 3.8) is 0 Å². The summed E-state index contributed by atoms with van der Waals surface area (Å²) < 4.78 is 0. The molecule has 0 aromatic carbocycles. The molecule has 0 aliphatic carbocycles. The number of oxime groups is 1. The van der Waals surface area contributed by atoms with Crippen molar-refractivity contribution in [1.82, 2.24) is 9.80 Å². The molecule has 0 spiro atoms. The van der Waals surface area contributed by atoms with Crippen molar-refractivity contribution < 1.29 is 5.21 Å². The third-order valence-corrected chi connectivity index (χ3v) is 4.17. The van der Waals surface area contributed by atoms with Gasteiger partial charge in [-0.3, -0.25) is 4.90 Å². The first-order chi connectivity index (χ1) is 8.62. The Bertz CT molecular complexity index is 258. The van der Waals surface area contributed by atoms with Crippen LogP contribution in [0.3, 0.4) is 0 Å². The van der Waals surface area contributed by atoms with Crippen LogP contribution in [0.4, 0.5) is 0 Å². The zero-order chi connectivity index (χ0) is 13.5. The molecule has 106 valence electrons. The van der Waals surface area contributed by atoms with Crippen LogP contribution in [0.1, 0.15) is 33.6 Å². The second-order valence-electron chi connectivity index (χ2n) is 5.22. The molecule has 1 saturated heterocycles. The van der Waals surface area contributed by atoms with Gasteiger partial charge in [0.15, 0.2) is 5.84 Å². The van der Waals surface area contributed by atoms with Crippen LogP contribution in [0.5, 0.6) is 0 Å². The topological polar surface area (TPSA) is 65.1 Å². The molecular weight excluding hydrogens is 228 g/mol. The fourth-order valence-electron chi connectivity index (χ4n) is 2.52. The van der Waals surface area contributed by atoms with E-state index >= 15 is 0 Å². The van der Waals surface area contributed by atoms with Crippen molar-refractivity contribution in [2.24, 2.45) is 16.8 Å². The van der Waals surface area contributed by atoms with Crippen LogP contribution >= 0.6 is 0 Å². The predicted molar refractivity (Wildman–Crippen MR) is 75.0 cm³/mol. The van der Waals surface area contributed by atoms with E-state index in [1.165, 1.54) is 19.4 Å². The molecule has 1 fully saturated rings. The average Bonchev–Trinajstić information content (AvgIpc) is 2.43. The van der Waals surface area contributed by atoms with Crippen LogP contribution in [0.2, 0.25) is 0 Å². The highest BCUT2D eigenvalue weighted by atomic mass is 16.4. The maximum atomic E-state index is 8.70. The van der Waals surface area contributed by atoms with Crippen LogP contribution in [-0.4, -0.2) is 59.6 Å². The quantitative estimate of drug-likeness (QED) is 0.324. The summed E-state index contributed by atoms with van der Waals surface area (Å²) >= 11 is 0. The van der Waals surface area contributed by atoms with E-state index in [0.29, 0.717) is 5.84 Å². The van der Waals surface area contributed by atoms with Gasteiger partial charge in [-0.25, -0.2) is 0 Å². The number of hydrogen-bond acceptors (Lipinski definition) is 4. The number of nitrogens with two attached hydrogens (primary N) is 1. The smallest absolute Gasteiger partial charge is 0.156 e. The van der Waals surface area contributed by atoms with Gasteiger partial charge in [-0.2, -0.15) is 0 Å². The maximum Gasteiger partial charge on any atom is 0.156 e. The summed E-state index contributed by atoms with van der Waals surface area (Å²) in [5.41, 5.74) is 5.65. The van der Waals surface area contributed by atoms with E-state index in [2.05, 4.69) is 28.8 Å². The number of rotatable bonds is 6. The third-order valence-electron chi connectivity index (χ3n) is 4.17. The standard InChI is InChI=1S/C13H28N4O/c1-4-12(5-2)10-16-6-8-17(9-7-16)11(3)13(14)15-18/h11-12,18H,4-10H2,1-3H3,(H2,14,15). The van der Waals surface area contributed by atoms with Gasteiger partial charge < -0.3 is 15.8 Å². The zero-order valence-corrected chi connectivity index (χ0v) is 12.0. The van der Waals surface area contributed by atoms with E-state index in [1.54, 1.807) is 0 Å². The average molecular weight is 256 g/mol. The van der Waals surface area contributed by atoms with Crippen LogP contribution < -0.4 is 5.73 Å². The van der Waals surface area contributed by atoms with Crippen molar-refractivity contribution in [3.8, 4) is 0 Å². The van der Waals surface area contributed by atoms with Crippen LogP contribution in [0.15, 0.2) is 5.16 Å². The summed E-state index contributed by atoms with van der Waals surface area (Å²) in [6.07, 6.45) is 2.52. The summed E-state index contributed by atoms with van der Waals surface area (Å²) in [6.45, 7) is 11.9. The zero-order valence-electron chi connectivity index (χ0n) is 12.0. The summed E-state index contributed by atoms with van der Waals surface area (Å²) in [5, 5.41) is 11.8. The van der Waals surface area contributed by atoms with Crippen molar-refractivity contribution >= 4 is 5.84 Å². The fourth-order valence-corrected chi connectivity index (χ4v) is 2.52. The molecule has 1 heterocycles. The second kappa shape index (κ2) is 7.59. The van der Waals surface area contributed by atoms with Crippen molar-refractivity contribution in [2.45, 2.75) is 39.7 Å². The lowest BCUT2D eigenvalue weighted by atomic mass is 10.0. The van der Waals surface area contributed by atoms with Crippen molar-refractivity contribution in [2.75, 3.05) is 32.7 Å². The highest BCUT2D eigenvalue weighted by molar-refractivity contribution is 5.84. The van der Waals surface area contributed by atoms with Gasteiger partial charge in [-0.05, 0) is 12.8 Å². The van der Waals surface area contributed by atoms with Gasteiger partial charge in [0.05, 0.1) is 6.04 Å². The Morgan fingerprint density at radius 2 is 1.78 bits per heavy atom. The molecule has 1 aliphatic rings. The van der Waals surface area contributed by atoms with Gasteiger partial charge in [-0.15, -0.1) is 0 Å². The Balaban J connectivity index is 2.36. The summed E-state index contributed by atoms with van der Waals surface area (Å²) in [4.78, 5) is 4.81. The Kier molecular flexibility index (Phi) is 6.43. The van der Waals surface area contributed by atoms with Gasteiger partial charge in [0.1, 0.15) is 0 Å². The molecule has 1 rings (SSSR count). The Morgan fingerprint density at radius 3 is 2.22 bits per heavy atom. The lowest BCUT2D eigenvalue weighted by molar-refractivity contribution is 0.106. The first kappa shape index (κ1) is 15.2. The Morgan fingerprint density at radius 1 is 1.22 bits per heavy atom. The summed E-state index contributed by atoms with van der Waals surface area (Å²) in [5.74, 6) is 1.13. The highest BCUT2D eigenvalue weighted by Gasteiger charge is 2.24. The molecule has 0 radical (unpaired) electrons. The van der Waals surface area contributed by atoms with E-state index < -0.39 is 0 Å². The molecule has 0 bridgehead atoms. The second-order valence-corrected chi connectivity index (χ2v) is 5.22. The lowest BCUT2D eigenvalue weighted by Crippen LogP contribution is -2.53. The van der Waals surface area contributed by atoms with Gasteiger partial charge in [-0.1, -0.05) is 31.8 Å². The van der Waals surface area contributed by atoms with Crippen LogP contribution in [0, 0.1) is 5.92 Å².